The molecule has 2 aromatic rings. The van der Waals surface area contributed by atoms with Crippen molar-refractivity contribution in [2.75, 3.05) is 19.0 Å². The van der Waals surface area contributed by atoms with Crippen molar-refractivity contribution in [2.45, 2.75) is 42.7 Å². The van der Waals surface area contributed by atoms with E-state index >= 15 is 4.39 Å². The molecule has 1 amide bonds. The van der Waals surface area contributed by atoms with Crippen LogP contribution < -0.4 is 20.5 Å². The molecule has 5 N–H and O–H groups in total. The van der Waals surface area contributed by atoms with Crippen LogP contribution in [0, 0.1) is 5.82 Å². The van der Waals surface area contributed by atoms with E-state index in [1.807, 2.05) is 13.8 Å². The Hall–Kier alpha value is -2.83. The lowest BCUT2D eigenvalue weighted by atomic mass is 9.90. The highest BCUT2D eigenvalue weighted by Crippen LogP contribution is 2.67. The van der Waals surface area contributed by atoms with Gasteiger partial charge in [0, 0.05) is 6.54 Å². The van der Waals surface area contributed by atoms with Gasteiger partial charge in [-0.3, -0.25) is 14.5 Å². The second kappa shape index (κ2) is 7.64. The van der Waals surface area contributed by atoms with Crippen molar-refractivity contribution >= 4 is 28.1 Å². The van der Waals surface area contributed by atoms with Crippen LogP contribution in [0.15, 0.2) is 29.5 Å². The predicted molar refractivity (Wildman–Crippen MR) is 120 cm³/mol. The zero-order valence-corrected chi connectivity index (χ0v) is 19.0. The lowest BCUT2D eigenvalue weighted by molar-refractivity contribution is 0.102. The number of anilines is 1. The van der Waals surface area contributed by atoms with E-state index in [1.165, 1.54) is 31.6 Å². The Labute approximate surface area is 186 Å². The number of methoxy groups -OCH3 is 1. The smallest absolute Gasteiger partial charge is 0.277 e. The van der Waals surface area contributed by atoms with Crippen LogP contribution in [0.25, 0.3) is 0 Å². The maximum atomic E-state index is 15.0. The number of ether oxygens (including phenoxy) is 1. The first-order valence-corrected chi connectivity index (χ1v) is 11.7. The molecule has 0 radical (unpaired) electrons. The van der Waals surface area contributed by atoms with E-state index in [1.54, 1.807) is 6.92 Å². The fraction of sp³-hybridized carbons (Fsp3) is 0.450. The summed E-state index contributed by atoms with van der Waals surface area (Å²) in [6, 6.07) is 2.56. The van der Waals surface area contributed by atoms with Crippen LogP contribution in [-0.2, 0) is 5.54 Å². The average molecular weight is 464 g/mol. The quantitative estimate of drug-likeness (QED) is 0.539. The molecule has 4 rings (SSSR count). The van der Waals surface area contributed by atoms with E-state index in [-0.39, 0.29) is 28.9 Å². The first-order valence-electron chi connectivity index (χ1n) is 10.0. The number of halogens is 1. The lowest BCUT2D eigenvalue weighted by Crippen LogP contribution is -2.57. The van der Waals surface area contributed by atoms with Crippen molar-refractivity contribution in [2.24, 2.45) is 10.7 Å². The number of nitrogens with two attached hydrogens (primary N) is 1. The average Bonchev–Trinajstić information content (AvgIpc) is 3.18. The normalized spacial score (nSPS) is 28.6. The Balaban J connectivity index is 1.71. The molecule has 3 atom stereocenters. The van der Waals surface area contributed by atoms with Crippen LogP contribution in [0.2, 0.25) is 0 Å². The highest BCUT2D eigenvalue weighted by atomic mass is 32.3. The second-order valence-corrected chi connectivity index (χ2v) is 11.5. The summed E-state index contributed by atoms with van der Waals surface area (Å²) in [7, 11) is -1.02. The minimum Gasteiger partial charge on any atom is -0.480 e. The van der Waals surface area contributed by atoms with Gasteiger partial charge in [0.25, 0.3) is 5.91 Å². The molecule has 1 fully saturated rings. The van der Waals surface area contributed by atoms with Crippen LogP contribution in [0.1, 0.15) is 43.4 Å². The van der Waals surface area contributed by atoms with Gasteiger partial charge in [-0.25, -0.2) is 19.3 Å². The van der Waals surface area contributed by atoms with Gasteiger partial charge in [0.2, 0.25) is 5.88 Å². The van der Waals surface area contributed by atoms with Crippen LogP contribution in [0.5, 0.6) is 5.88 Å². The number of hydrogen-bond acceptors (Lipinski definition) is 9. The molecule has 0 spiro atoms. The molecular weight excluding hydrogens is 437 g/mol. The number of aromatic nitrogens is 3. The van der Waals surface area contributed by atoms with Gasteiger partial charge in [-0.1, -0.05) is 10.5 Å². The molecule has 4 heterocycles. The summed E-state index contributed by atoms with van der Waals surface area (Å²) < 4.78 is 34.0. The molecule has 2 aliphatic rings. The fourth-order valence-electron chi connectivity index (χ4n) is 4.17. The minimum atomic E-state index is -2.46. The van der Waals surface area contributed by atoms with E-state index in [0.717, 1.165) is 0 Å². The third-order valence-electron chi connectivity index (χ3n) is 6.15. The summed E-state index contributed by atoms with van der Waals surface area (Å²) in [5.74, 6) is -0.541. The van der Waals surface area contributed by atoms with E-state index in [0.29, 0.717) is 13.0 Å². The van der Waals surface area contributed by atoms with Gasteiger partial charge in [0.15, 0.2) is 0 Å². The number of aliphatic imine (C=N–C) groups is 1. The molecular formula is C20H26FN7O3S. The summed E-state index contributed by atoms with van der Waals surface area (Å²) in [4.78, 5) is 29.5. The molecule has 2 aliphatic heterocycles. The molecule has 2 aromatic heterocycles. The van der Waals surface area contributed by atoms with Crippen molar-refractivity contribution in [3.8, 4) is 5.88 Å². The molecule has 32 heavy (non-hydrogen) atoms. The van der Waals surface area contributed by atoms with Crippen LogP contribution in [-0.4, -0.2) is 54.9 Å². The molecule has 0 aliphatic carbocycles. The summed E-state index contributed by atoms with van der Waals surface area (Å²) in [6.07, 6.45) is 3.17. The Morgan fingerprint density at radius 1 is 1.34 bits per heavy atom. The standard InChI is InChI=1S/C20H26FN7O3S/c1-19(2)18(22)28-20(3,13-7-8-25-32(13,19)30)16-11(21)5-6-14(26-16)27-17(29)12-9-24-15(31-4)10-23-12/h5-6,9-10,13,25,30H,7-8H2,1-4H3,(H2,22,28)(H,26,27,29)/t13-,20-/m0/s1. The zero-order chi connectivity index (χ0) is 23.3. The monoisotopic (exact) mass is 463 g/mol. The number of amides is 1. The topological polar surface area (TPSA) is 148 Å². The Bertz CT molecular complexity index is 1100. The van der Waals surface area contributed by atoms with Crippen LogP contribution in [0.4, 0.5) is 10.2 Å². The number of carbonyl (C=O) groups is 1. The molecule has 10 nitrogen and oxygen atoms in total. The van der Waals surface area contributed by atoms with Gasteiger partial charge in [0.05, 0.1) is 29.5 Å². The summed E-state index contributed by atoms with van der Waals surface area (Å²) in [5, 5.41) is 2.20. The first-order chi connectivity index (χ1) is 15.0. The number of fused-ring (bicyclic) bond motifs is 1. The number of nitrogens with zero attached hydrogens (tertiary/aromatic N) is 4. The Morgan fingerprint density at radius 3 is 2.75 bits per heavy atom. The van der Waals surface area contributed by atoms with Gasteiger partial charge in [-0.2, -0.15) is 0 Å². The number of rotatable bonds is 4. The fourth-order valence-corrected chi connectivity index (χ4v) is 7.53. The van der Waals surface area contributed by atoms with E-state index in [9.17, 15) is 9.35 Å². The SMILES string of the molecule is COc1cnc(C(=O)Nc2ccc(F)c([C@@]3(C)N=C(N)C(C)(C)[S@]4(O)NCC[C@@H]34)n2)cn1. The van der Waals surface area contributed by atoms with Crippen LogP contribution >= 0.6 is 10.5 Å². The van der Waals surface area contributed by atoms with Gasteiger partial charge in [-0.05, 0) is 39.3 Å². The summed E-state index contributed by atoms with van der Waals surface area (Å²) in [6.45, 7) is 5.95. The number of pyridine rings is 1. The van der Waals surface area contributed by atoms with Gasteiger partial charge in [0.1, 0.15) is 34.4 Å². The summed E-state index contributed by atoms with van der Waals surface area (Å²) >= 11 is 0. The van der Waals surface area contributed by atoms with Crippen molar-refractivity contribution in [3.05, 3.63) is 41.7 Å². The maximum Gasteiger partial charge on any atom is 0.277 e. The highest BCUT2D eigenvalue weighted by Gasteiger charge is 2.61. The van der Waals surface area contributed by atoms with Crippen molar-refractivity contribution in [1.82, 2.24) is 19.7 Å². The van der Waals surface area contributed by atoms with Gasteiger partial charge >= 0.3 is 0 Å². The third kappa shape index (κ3) is 3.29. The van der Waals surface area contributed by atoms with Crippen LogP contribution in [0.3, 0.4) is 0 Å². The number of nitrogens with one attached hydrogen (secondary N) is 2. The highest BCUT2D eigenvalue weighted by molar-refractivity contribution is 8.29. The first kappa shape index (κ1) is 22.4. The maximum absolute atomic E-state index is 15.0. The molecule has 0 aromatic carbocycles. The van der Waals surface area contributed by atoms with E-state index in [2.05, 4.69) is 30.0 Å². The van der Waals surface area contributed by atoms with Crippen molar-refractivity contribution < 1.29 is 18.5 Å². The van der Waals surface area contributed by atoms with E-state index < -0.39 is 37.8 Å². The number of hydrogen-bond donors (Lipinski definition) is 4. The third-order valence-corrected chi connectivity index (χ3v) is 10.1. The molecule has 0 unspecified atom stereocenters. The van der Waals surface area contributed by atoms with Crippen molar-refractivity contribution in [1.29, 1.82) is 0 Å². The van der Waals surface area contributed by atoms with Crippen molar-refractivity contribution in [3.63, 3.8) is 0 Å². The number of carbonyl (C=O) groups excluding carboxylic acids is 1. The second-order valence-electron chi connectivity index (χ2n) is 8.38. The van der Waals surface area contributed by atoms with Gasteiger partial charge in [-0.15, -0.1) is 0 Å². The Morgan fingerprint density at radius 2 is 2.09 bits per heavy atom. The lowest BCUT2D eigenvalue weighted by Gasteiger charge is -2.55. The minimum absolute atomic E-state index is 0.00851. The molecule has 172 valence electrons. The number of amidine groups is 1. The molecule has 12 heteroatoms. The van der Waals surface area contributed by atoms with E-state index in [4.69, 9.17) is 10.5 Å². The molecule has 0 bridgehead atoms. The van der Waals surface area contributed by atoms with Gasteiger partial charge < -0.3 is 20.3 Å². The molecule has 1 saturated heterocycles. The zero-order valence-electron chi connectivity index (χ0n) is 18.2. The Kier molecular flexibility index (Phi) is 5.34. The molecule has 0 saturated carbocycles. The summed E-state index contributed by atoms with van der Waals surface area (Å²) in [5.41, 5.74) is 5.11. The largest absolute Gasteiger partial charge is 0.480 e. The predicted octanol–water partition coefficient (Wildman–Crippen LogP) is 2.19.